The van der Waals surface area contributed by atoms with E-state index in [0.29, 0.717) is 6.54 Å². The van der Waals surface area contributed by atoms with Gasteiger partial charge in [0.05, 0.1) is 3.79 Å². The fourth-order valence-electron chi connectivity index (χ4n) is 1.58. The summed E-state index contributed by atoms with van der Waals surface area (Å²) < 4.78 is 39.0. The topological polar surface area (TPSA) is 55.0 Å². The minimum atomic E-state index is -4.54. The van der Waals surface area contributed by atoms with Crippen LogP contribution in [-0.2, 0) is 12.7 Å². The highest BCUT2D eigenvalue weighted by molar-refractivity contribution is 9.11. The van der Waals surface area contributed by atoms with Crippen molar-refractivity contribution >= 4 is 39.0 Å². The second-order valence-corrected chi connectivity index (χ2v) is 6.37. The van der Waals surface area contributed by atoms with Gasteiger partial charge in [0, 0.05) is 19.7 Å². The van der Waals surface area contributed by atoms with Crippen molar-refractivity contribution in [3.8, 4) is 0 Å². The SMILES string of the molecule is CN(Cc1csc(Br)c1)c1cc(C(F)(F)F)nc(N)n1. The van der Waals surface area contributed by atoms with Gasteiger partial charge in [-0.05, 0) is 32.9 Å². The van der Waals surface area contributed by atoms with E-state index in [9.17, 15) is 13.2 Å². The van der Waals surface area contributed by atoms with Gasteiger partial charge in [-0.25, -0.2) is 4.98 Å². The van der Waals surface area contributed by atoms with E-state index in [0.717, 1.165) is 15.4 Å². The highest BCUT2D eigenvalue weighted by Crippen LogP contribution is 2.30. The molecule has 2 N–H and O–H groups in total. The Kier molecular flexibility index (Phi) is 4.19. The molecule has 0 atom stereocenters. The molecule has 0 aliphatic carbocycles. The van der Waals surface area contributed by atoms with E-state index in [1.807, 2.05) is 11.4 Å². The minimum absolute atomic E-state index is 0.132. The van der Waals surface area contributed by atoms with Crippen LogP contribution in [0.2, 0.25) is 0 Å². The summed E-state index contributed by atoms with van der Waals surface area (Å²) in [6, 6.07) is 2.79. The third-order valence-corrected chi connectivity index (χ3v) is 4.01. The highest BCUT2D eigenvalue weighted by Gasteiger charge is 2.33. The zero-order valence-corrected chi connectivity index (χ0v) is 12.7. The Morgan fingerprint density at radius 3 is 2.60 bits per heavy atom. The number of hydrogen-bond acceptors (Lipinski definition) is 5. The van der Waals surface area contributed by atoms with Crippen molar-refractivity contribution < 1.29 is 13.2 Å². The molecule has 2 aromatic rings. The van der Waals surface area contributed by atoms with E-state index in [4.69, 9.17) is 5.73 Å². The fraction of sp³-hybridized carbons (Fsp3) is 0.273. The molecule has 0 aliphatic rings. The van der Waals surface area contributed by atoms with Crippen LogP contribution in [0.1, 0.15) is 11.3 Å². The summed E-state index contributed by atoms with van der Waals surface area (Å²) in [4.78, 5) is 8.63. The maximum atomic E-state index is 12.7. The summed E-state index contributed by atoms with van der Waals surface area (Å²) in [7, 11) is 1.65. The van der Waals surface area contributed by atoms with Gasteiger partial charge in [0.15, 0.2) is 5.69 Å². The maximum Gasteiger partial charge on any atom is 0.433 e. The molecule has 9 heteroatoms. The molecule has 2 aromatic heterocycles. The number of nitrogens with zero attached hydrogens (tertiary/aromatic N) is 3. The molecule has 4 nitrogen and oxygen atoms in total. The average Bonchev–Trinajstić information content (AvgIpc) is 2.72. The van der Waals surface area contributed by atoms with Crippen LogP contribution in [0.5, 0.6) is 0 Å². The lowest BCUT2D eigenvalue weighted by Gasteiger charge is -2.18. The van der Waals surface area contributed by atoms with Gasteiger partial charge in [-0.2, -0.15) is 18.2 Å². The van der Waals surface area contributed by atoms with Crippen molar-refractivity contribution in [1.29, 1.82) is 0 Å². The summed E-state index contributed by atoms with van der Waals surface area (Å²) in [5.41, 5.74) is 5.26. The lowest BCUT2D eigenvalue weighted by Crippen LogP contribution is -2.20. The van der Waals surface area contributed by atoms with Gasteiger partial charge in [-0.3, -0.25) is 0 Å². The Hall–Kier alpha value is -1.35. The molecule has 0 fully saturated rings. The van der Waals surface area contributed by atoms with Gasteiger partial charge in [-0.1, -0.05) is 0 Å². The van der Waals surface area contributed by atoms with Crippen molar-refractivity contribution in [2.75, 3.05) is 17.7 Å². The first-order valence-corrected chi connectivity index (χ1v) is 7.09. The first-order chi connectivity index (χ1) is 9.25. The Balaban J connectivity index is 2.25. The molecule has 0 amide bonds. The number of nitrogens with two attached hydrogens (primary N) is 1. The van der Waals surface area contributed by atoms with Crippen molar-refractivity contribution in [2.45, 2.75) is 12.7 Å². The summed E-state index contributed by atoms with van der Waals surface area (Å²) in [6.07, 6.45) is -4.54. The number of alkyl halides is 3. The summed E-state index contributed by atoms with van der Waals surface area (Å²) in [5.74, 6) is -0.264. The molecule has 20 heavy (non-hydrogen) atoms. The molecular weight excluding hydrogens is 357 g/mol. The largest absolute Gasteiger partial charge is 0.433 e. The Morgan fingerprint density at radius 1 is 1.35 bits per heavy atom. The van der Waals surface area contributed by atoms with Crippen molar-refractivity contribution in [3.63, 3.8) is 0 Å². The number of hydrogen-bond donors (Lipinski definition) is 1. The van der Waals surface area contributed by atoms with Crippen LogP contribution >= 0.6 is 27.3 Å². The monoisotopic (exact) mass is 366 g/mol. The van der Waals surface area contributed by atoms with E-state index in [1.54, 1.807) is 11.9 Å². The maximum absolute atomic E-state index is 12.7. The number of aromatic nitrogens is 2. The molecule has 0 bridgehead atoms. The average molecular weight is 367 g/mol. The van der Waals surface area contributed by atoms with Gasteiger partial charge in [-0.15, -0.1) is 11.3 Å². The van der Waals surface area contributed by atoms with Crippen LogP contribution in [0.25, 0.3) is 0 Å². The highest BCUT2D eigenvalue weighted by atomic mass is 79.9. The van der Waals surface area contributed by atoms with Gasteiger partial charge >= 0.3 is 6.18 Å². The number of rotatable bonds is 3. The molecule has 0 saturated carbocycles. The van der Waals surface area contributed by atoms with Crippen LogP contribution in [0.3, 0.4) is 0 Å². The molecule has 0 saturated heterocycles. The van der Waals surface area contributed by atoms with Crippen LogP contribution in [0.15, 0.2) is 21.3 Å². The molecule has 0 spiro atoms. The lowest BCUT2D eigenvalue weighted by molar-refractivity contribution is -0.141. The van der Waals surface area contributed by atoms with Gasteiger partial charge in [0.2, 0.25) is 5.95 Å². The fourth-order valence-corrected chi connectivity index (χ4v) is 2.78. The van der Waals surface area contributed by atoms with E-state index >= 15 is 0 Å². The standard InChI is InChI=1S/C11H10BrF3N4S/c1-19(4-6-2-8(12)20-5-6)9-3-7(11(13,14)15)17-10(16)18-9/h2-3,5H,4H2,1H3,(H2,16,17,18). The van der Waals surface area contributed by atoms with E-state index in [1.165, 1.54) is 11.3 Å². The van der Waals surface area contributed by atoms with Crippen LogP contribution in [-0.4, -0.2) is 17.0 Å². The molecule has 0 radical (unpaired) electrons. The summed E-state index contributed by atoms with van der Waals surface area (Å²) in [6.45, 7) is 0.426. The third kappa shape index (κ3) is 3.60. The summed E-state index contributed by atoms with van der Waals surface area (Å²) >= 11 is 4.84. The predicted molar refractivity (Wildman–Crippen MR) is 75.6 cm³/mol. The number of nitrogen functional groups attached to an aromatic ring is 1. The number of thiophene rings is 1. The summed E-state index contributed by atoms with van der Waals surface area (Å²) in [5, 5.41) is 1.91. The Bertz CT molecular complexity index is 614. The quantitative estimate of drug-likeness (QED) is 0.902. The zero-order valence-electron chi connectivity index (χ0n) is 10.3. The predicted octanol–water partition coefficient (Wildman–Crippen LogP) is 3.54. The van der Waals surface area contributed by atoms with Crippen LogP contribution in [0.4, 0.5) is 24.9 Å². The zero-order chi connectivity index (χ0) is 14.9. The van der Waals surface area contributed by atoms with E-state index < -0.39 is 17.8 Å². The Labute approximate surface area is 125 Å². The molecule has 0 aliphatic heterocycles. The lowest BCUT2D eigenvalue weighted by atomic mass is 10.3. The molecular formula is C11H10BrF3N4S. The number of halogens is 4. The van der Waals surface area contributed by atoms with Crippen molar-refractivity contribution in [2.24, 2.45) is 0 Å². The molecule has 2 rings (SSSR count). The first kappa shape index (κ1) is 15.0. The van der Waals surface area contributed by atoms with Crippen molar-refractivity contribution in [3.05, 3.63) is 32.6 Å². The van der Waals surface area contributed by atoms with Gasteiger partial charge < -0.3 is 10.6 Å². The van der Waals surface area contributed by atoms with Gasteiger partial charge in [0.1, 0.15) is 5.82 Å². The molecule has 0 aromatic carbocycles. The molecule has 0 unspecified atom stereocenters. The number of anilines is 2. The Morgan fingerprint density at radius 2 is 2.05 bits per heavy atom. The van der Waals surface area contributed by atoms with Crippen molar-refractivity contribution in [1.82, 2.24) is 9.97 Å². The van der Waals surface area contributed by atoms with Gasteiger partial charge in [0.25, 0.3) is 0 Å². The third-order valence-electron chi connectivity index (χ3n) is 2.45. The van der Waals surface area contributed by atoms with E-state index in [-0.39, 0.29) is 5.82 Å². The van der Waals surface area contributed by atoms with Crippen LogP contribution < -0.4 is 10.6 Å². The van der Waals surface area contributed by atoms with E-state index in [2.05, 4.69) is 25.9 Å². The minimum Gasteiger partial charge on any atom is -0.368 e. The molecule has 2 heterocycles. The smallest absolute Gasteiger partial charge is 0.368 e. The normalized spacial score (nSPS) is 11.7. The second-order valence-electron chi connectivity index (χ2n) is 4.08. The van der Waals surface area contributed by atoms with Crippen LogP contribution in [0, 0.1) is 0 Å². The second kappa shape index (κ2) is 5.57. The molecule has 108 valence electrons. The first-order valence-electron chi connectivity index (χ1n) is 5.41.